The highest BCUT2D eigenvalue weighted by molar-refractivity contribution is 9.10. The topological polar surface area (TPSA) is 86.8 Å². The number of benzene rings is 3. The van der Waals surface area contributed by atoms with Crippen LogP contribution in [0.1, 0.15) is 31.9 Å². The quantitative estimate of drug-likeness (QED) is 0.255. The van der Waals surface area contributed by atoms with Gasteiger partial charge in [-0.05, 0) is 67.8 Å². The molecule has 3 aromatic carbocycles. The van der Waals surface area contributed by atoms with Crippen LogP contribution in [0.15, 0.2) is 76.1 Å². The Morgan fingerprint density at radius 3 is 2.25 bits per heavy atom. The van der Waals surface area contributed by atoms with Crippen molar-refractivity contribution in [1.29, 1.82) is 0 Å². The van der Waals surface area contributed by atoms with Gasteiger partial charge in [-0.25, -0.2) is 8.42 Å². The van der Waals surface area contributed by atoms with Gasteiger partial charge in [0.1, 0.15) is 12.6 Å². The van der Waals surface area contributed by atoms with E-state index in [9.17, 15) is 18.0 Å². The molecule has 1 N–H and O–H groups in total. The molecule has 1 atom stereocenters. The van der Waals surface area contributed by atoms with Crippen molar-refractivity contribution in [3.63, 3.8) is 0 Å². The number of anilines is 1. The van der Waals surface area contributed by atoms with Crippen molar-refractivity contribution in [2.75, 3.05) is 17.4 Å². The fourth-order valence-corrected chi connectivity index (χ4v) is 6.13. The lowest BCUT2D eigenvalue weighted by molar-refractivity contribution is -0.139. The lowest BCUT2D eigenvalue weighted by atomic mass is 10.1. The van der Waals surface area contributed by atoms with Crippen molar-refractivity contribution in [2.45, 2.75) is 45.2 Å². The summed E-state index contributed by atoms with van der Waals surface area (Å²) >= 11 is 15.9. The van der Waals surface area contributed by atoms with E-state index in [1.54, 1.807) is 61.5 Å². The van der Waals surface area contributed by atoms with E-state index in [0.29, 0.717) is 32.3 Å². The first-order valence-electron chi connectivity index (χ1n) is 12.7. The van der Waals surface area contributed by atoms with Crippen LogP contribution in [0.25, 0.3) is 0 Å². The number of carbonyl (C=O) groups excluding carboxylic acids is 2. The molecule has 2 amide bonds. The molecule has 0 aliphatic rings. The number of hydrogen-bond donors (Lipinski definition) is 1. The monoisotopic (exact) mass is 667 g/mol. The van der Waals surface area contributed by atoms with Crippen LogP contribution in [-0.4, -0.2) is 44.3 Å². The maximum atomic E-state index is 14.0. The molecule has 0 spiro atoms. The predicted octanol–water partition coefficient (Wildman–Crippen LogP) is 6.45. The van der Waals surface area contributed by atoms with Crippen molar-refractivity contribution < 1.29 is 18.0 Å². The van der Waals surface area contributed by atoms with Gasteiger partial charge in [0.25, 0.3) is 10.0 Å². The predicted molar refractivity (Wildman–Crippen MR) is 164 cm³/mol. The number of hydrogen-bond acceptors (Lipinski definition) is 4. The lowest BCUT2D eigenvalue weighted by Crippen LogP contribution is -2.51. The fraction of sp³-hybridized carbons (Fsp3) is 0.310. The number of aryl methyl sites for hydroxylation is 1. The number of halogens is 3. The summed E-state index contributed by atoms with van der Waals surface area (Å²) in [6, 6.07) is 17.1. The van der Waals surface area contributed by atoms with Crippen LogP contribution < -0.4 is 9.62 Å². The van der Waals surface area contributed by atoms with Crippen molar-refractivity contribution >= 4 is 66.7 Å². The SMILES string of the molecule is Cc1ccc(S(=O)(=O)N(CC(=O)N(Cc2ccc(Cl)cc2Cl)[C@H](C)C(=O)NCC(C)C)c2cccc(Br)c2)cc1. The van der Waals surface area contributed by atoms with Crippen LogP contribution in [-0.2, 0) is 26.2 Å². The zero-order valence-corrected chi connectivity index (χ0v) is 26.6. The molecule has 0 aromatic heterocycles. The largest absolute Gasteiger partial charge is 0.354 e. The molecule has 0 bridgehead atoms. The Bertz CT molecular complexity index is 1470. The van der Waals surface area contributed by atoms with Gasteiger partial charge in [0, 0.05) is 27.6 Å². The average Bonchev–Trinajstić information content (AvgIpc) is 2.89. The van der Waals surface area contributed by atoms with Gasteiger partial charge in [-0.15, -0.1) is 0 Å². The van der Waals surface area contributed by atoms with Crippen molar-refractivity contribution in [3.8, 4) is 0 Å². The van der Waals surface area contributed by atoms with Gasteiger partial charge in [0.2, 0.25) is 11.8 Å². The summed E-state index contributed by atoms with van der Waals surface area (Å²) < 4.78 is 29.4. The molecule has 0 saturated carbocycles. The molecule has 0 aliphatic carbocycles. The summed E-state index contributed by atoms with van der Waals surface area (Å²) in [5.41, 5.74) is 1.76. The smallest absolute Gasteiger partial charge is 0.264 e. The minimum absolute atomic E-state index is 0.0258. The molecule has 0 fully saturated rings. The second-order valence-electron chi connectivity index (χ2n) is 9.88. The van der Waals surface area contributed by atoms with E-state index in [1.807, 2.05) is 20.8 Å². The van der Waals surface area contributed by atoms with Crippen LogP contribution in [0.5, 0.6) is 0 Å². The summed E-state index contributed by atoms with van der Waals surface area (Å²) in [5, 5.41) is 3.62. The summed E-state index contributed by atoms with van der Waals surface area (Å²) in [6.45, 7) is 7.26. The van der Waals surface area contributed by atoms with E-state index in [0.717, 1.165) is 9.87 Å². The standard InChI is InChI=1S/C29H32BrCl2N3O4S/c1-19(2)16-33-29(37)21(4)34(17-22-10-11-24(31)15-27(22)32)28(36)18-35(25-7-5-6-23(30)14-25)40(38,39)26-12-8-20(3)9-13-26/h5-15,19,21H,16-18H2,1-4H3,(H,33,37)/t21-/m1/s1. The number of nitrogens with one attached hydrogen (secondary N) is 1. The zero-order chi connectivity index (χ0) is 29.6. The molecule has 0 saturated heterocycles. The van der Waals surface area contributed by atoms with Gasteiger partial charge in [-0.2, -0.15) is 0 Å². The van der Waals surface area contributed by atoms with Gasteiger partial charge in [0.05, 0.1) is 10.6 Å². The van der Waals surface area contributed by atoms with E-state index in [2.05, 4.69) is 21.2 Å². The van der Waals surface area contributed by atoms with Gasteiger partial charge in [-0.3, -0.25) is 13.9 Å². The number of carbonyl (C=O) groups is 2. The summed E-state index contributed by atoms with van der Waals surface area (Å²) in [6.07, 6.45) is 0. The lowest BCUT2D eigenvalue weighted by Gasteiger charge is -2.32. The fourth-order valence-electron chi connectivity index (χ4n) is 3.87. The Kier molecular flexibility index (Phi) is 11.1. The first-order chi connectivity index (χ1) is 18.8. The molecule has 11 heteroatoms. The maximum Gasteiger partial charge on any atom is 0.264 e. The van der Waals surface area contributed by atoms with E-state index in [4.69, 9.17) is 23.2 Å². The molecule has 0 aliphatic heterocycles. The molecule has 0 radical (unpaired) electrons. The molecule has 0 heterocycles. The molecule has 7 nitrogen and oxygen atoms in total. The van der Waals surface area contributed by atoms with E-state index < -0.39 is 28.5 Å². The molecular weight excluding hydrogens is 637 g/mol. The third-order valence-electron chi connectivity index (χ3n) is 6.19. The highest BCUT2D eigenvalue weighted by Crippen LogP contribution is 2.28. The van der Waals surface area contributed by atoms with Gasteiger partial charge < -0.3 is 10.2 Å². The van der Waals surface area contributed by atoms with Crippen LogP contribution in [0.4, 0.5) is 5.69 Å². The molecule has 40 heavy (non-hydrogen) atoms. The van der Waals surface area contributed by atoms with Crippen molar-refractivity contribution in [2.24, 2.45) is 5.92 Å². The minimum Gasteiger partial charge on any atom is -0.354 e. The van der Waals surface area contributed by atoms with Gasteiger partial charge in [-0.1, -0.05) is 82.8 Å². The van der Waals surface area contributed by atoms with E-state index in [1.165, 1.54) is 17.0 Å². The first-order valence-corrected chi connectivity index (χ1v) is 15.6. The van der Waals surface area contributed by atoms with Gasteiger partial charge >= 0.3 is 0 Å². The number of sulfonamides is 1. The average molecular weight is 669 g/mol. The Balaban J connectivity index is 2.04. The molecule has 214 valence electrons. The molecular formula is C29H32BrCl2N3O4S. The summed E-state index contributed by atoms with van der Waals surface area (Å²) in [5.74, 6) is -0.728. The Morgan fingerprint density at radius 1 is 0.975 bits per heavy atom. The second-order valence-corrected chi connectivity index (χ2v) is 13.5. The number of nitrogens with zero attached hydrogens (tertiary/aromatic N) is 2. The van der Waals surface area contributed by atoms with Crippen LogP contribution in [0.2, 0.25) is 10.0 Å². The summed E-state index contributed by atoms with van der Waals surface area (Å²) in [7, 11) is -4.15. The highest BCUT2D eigenvalue weighted by Gasteiger charge is 2.33. The molecule has 0 unspecified atom stereocenters. The Hall–Kier alpha value is -2.59. The Labute approximate surface area is 254 Å². The highest BCUT2D eigenvalue weighted by atomic mass is 79.9. The van der Waals surface area contributed by atoms with Crippen LogP contribution in [0, 0.1) is 12.8 Å². The summed E-state index contributed by atoms with van der Waals surface area (Å²) in [4.78, 5) is 28.4. The number of rotatable bonds is 11. The van der Waals surface area contributed by atoms with Crippen molar-refractivity contribution in [1.82, 2.24) is 10.2 Å². The first kappa shape index (κ1) is 31.9. The minimum atomic E-state index is -4.15. The van der Waals surface area contributed by atoms with Crippen LogP contribution >= 0.6 is 39.1 Å². The van der Waals surface area contributed by atoms with Gasteiger partial charge in [0.15, 0.2) is 0 Å². The van der Waals surface area contributed by atoms with Crippen molar-refractivity contribution in [3.05, 3.63) is 92.4 Å². The van der Waals surface area contributed by atoms with E-state index in [-0.39, 0.29) is 23.3 Å². The van der Waals surface area contributed by atoms with E-state index >= 15 is 0 Å². The second kappa shape index (κ2) is 13.9. The zero-order valence-electron chi connectivity index (χ0n) is 22.7. The third kappa shape index (κ3) is 8.22. The van der Waals surface area contributed by atoms with Crippen LogP contribution in [0.3, 0.4) is 0 Å². The molecule has 3 aromatic rings. The maximum absolute atomic E-state index is 14.0. The normalized spacial score (nSPS) is 12.2. The Morgan fingerprint density at radius 2 is 1.65 bits per heavy atom. The number of amides is 2. The molecule has 3 rings (SSSR count). The third-order valence-corrected chi connectivity index (χ3v) is 9.06.